The molecule has 3 aliphatic rings. The fraction of sp³-hybridized carbons (Fsp3) is 0.636. The smallest absolute Gasteiger partial charge is 0.493 e. The van der Waals surface area contributed by atoms with E-state index in [4.69, 9.17) is 23.0 Å². The molecule has 7 nitrogen and oxygen atoms in total. The van der Waals surface area contributed by atoms with Crippen molar-refractivity contribution in [2.45, 2.75) is 63.2 Å². The molecule has 1 aromatic rings. The van der Waals surface area contributed by atoms with E-state index in [1.54, 1.807) is 14.2 Å². The average molecular weight is 437 g/mol. The SMILES string of the molecule is COc1ccc(C23CCC(OP4(=O)OC(C)CC(C)O4)=CC2N(C)CC3)cc1OC. The number of methoxy groups -OCH3 is 2. The third kappa shape index (κ3) is 3.89. The molecule has 30 heavy (non-hydrogen) atoms. The summed E-state index contributed by atoms with van der Waals surface area (Å²) in [7, 11) is 1.83. The highest BCUT2D eigenvalue weighted by atomic mass is 31.2. The van der Waals surface area contributed by atoms with E-state index in [-0.39, 0.29) is 23.7 Å². The first kappa shape index (κ1) is 21.7. The van der Waals surface area contributed by atoms with Gasteiger partial charge in [0.05, 0.1) is 26.4 Å². The summed E-state index contributed by atoms with van der Waals surface area (Å²) in [6.45, 7) is 4.77. The molecule has 2 fully saturated rings. The summed E-state index contributed by atoms with van der Waals surface area (Å²) in [5.41, 5.74) is 1.17. The van der Waals surface area contributed by atoms with Gasteiger partial charge in [-0.05, 0) is 64.1 Å². The first-order valence-corrected chi connectivity index (χ1v) is 12.0. The second-order valence-corrected chi connectivity index (χ2v) is 10.1. The standard InChI is InChI=1S/C22H32NO6P/c1-15-12-16(2)28-30(24,27-15)29-18-8-9-22(10-11-23(3)21(22)14-18)17-6-7-19(25-4)20(13-17)26-5/h6-7,13-16,21H,8-12H2,1-5H3. The highest BCUT2D eigenvalue weighted by Crippen LogP contribution is 2.59. The van der Waals surface area contributed by atoms with Crippen molar-refractivity contribution in [3.05, 3.63) is 35.6 Å². The van der Waals surface area contributed by atoms with Crippen LogP contribution in [0.5, 0.6) is 11.5 Å². The highest BCUT2D eigenvalue weighted by Gasteiger charge is 2.49. The predicted octanol–water partition coefficient (Wildman–Crippen LogP) is 4.66. The van der Waals surface area contributed by atoms with Gasteiger partial charge >= 0.3 is 7.82 Å². The lowest BCUT2D eigenvalue weighted by Crippen LogP contribution is -2.42. The molecule has 4 unspecified atom stereocenters. The molecule has 1 aliphatic carbocycles. The number of ether oxygens (including phenoxy) is 2. The summed E-state index contributed by atoms with van der Waals surface area (Å²) in [5, 5.41) is 0. The number of benzene rings is 1. The van der Waals surface area contributed by atoms with Gasteiger partial charge in [0, 0.05) is 24.3 Å². The number of likely N-dealkylation sites (tertiary alicyclic amines) is 1. The maximum atomic E-state index is 13.0. The fourth-order valence-electron chi connectivity index (χ4n) is 5.14. The van der Waals surface area contributed by atoms with Gasteiger partial charge in [-0.3, -0.25) is 13.9 Å². The lowest BCUT2D eigenvalue weighted by molar-refractivity contribution is 0.0101. The van der Waals surface area contributed by atoms with E-state index in [1.165, 1.54) is 5.56 Å². The van der Waals surface area contributed by atoms with Crippen molar-refractivity contribution in [2.24, 2.45) is 0 Å². The Balaban J connectivity index is 1.62. The minimum absolute atomic E-state index is 0.0511. The number of hydrogen-bond acceptors (Lipinski definition) is 7. The molecule has 0 amide bonds. The summed E-state index contributed by atoms with van der Waals surface area (Å²) in [6, 6.07) is 6.32. The highest BCUT2D eigenvalue weighted by molar-refractivity contribution is 7.48. The Labute approximate surface area is 178 Å². The lowest BCUT2D eigenvalue weighted by atomic mass is 9.68. The van der Waals surface area contributed by atoms with E-state index in [1.807, 2.05) is 19.9 Å². The normalized spacial score (nSPS) is 36.7. The van der Waals surface area contributed by atoms with Crippen LogP contribution in [0.25, 0.3) is 0 Å². The zero-order chi connectivity index (χ0) is 21.5. The van der Waals surface area contributed by atoms with Crippen LogP contribution in [0.1, 0.15) is 45.1 Å². The van der Waals surface area contributed by atoms with Gasteiger partial charge in [0.1, 0.15) is 5.76 Å². The van der Waals surface area contributed by atoms with Gasteiger partial charge in [0.2, 0.25) is 0 Å². The molecular weight excluding hydrogens is 405 g/mol. The van der Waals surface area contributed by atoms with E-state index in [2.05, 4.69) is 30.2 Å². The Bertz CT molecular complexity index is 859. The van der Waals surface area contributed by atoms with Gasteiger partial charge in [-0.15, -0.1) is 0 Å². The molecule has 166 valence electrons. The Morgan fingerprint density at radius 1 is 1.10 bits per heavy atom. The van der Waals surface area contributed by atoms with E-state index in [0.29, 0.717) is 18.6 Å². The third-order valence-electron chi connectivity index (χ3n) is 6.58. The minimum Gasteiger partial charge on any atom is -0.493 e. The average Bonchev–Trinajstić information content (AvgIpc) is 3.03. The number of fused-ring (bicyclic) bond motifs is 1. The molecular formula is C22H32NO6P. The molecule has 0 bridgehead atoms. The van der Waals surface area contributed by atoms with Crippen molar-refractivity contribution in [2.75, 3.05) is 27.8 Å². The number of allylic oxidation sites excluding steroid dienone is 1. The van der Waals surface area contributed by atoms with Crippen molar-refractivity contribution >= 4 is 7.82 Å². The van der Waals surface area contributed by atoms with Crippen LogP contribution in [0.3, 0.4) is 0 Å². The summed E-state index contributed by atoms with van der Waals surface area (Å²) in [5.74, 6) is 2.15. The lowest BCUT2D eigenvalue weighted by Gasteiger charge is -2.41. The van der Waals surface area contributed by atoms with Gasteiger partial charge in [0.25, 0.3) is 0 Å². The topological polar surface area (TPSA) is 66.5 Å². The second-order valence-electron chi connectivity index (χ2n) is 8.64. The van der Waals surface area contributed by atoms with Crippen LogP contribution in [-0.4, -0.2) is 51.0 Å². The largest absolute Gasteiger partial charge is 0.530 e. The van der Waals surface area contributed by atoms with Crippen LogP contribution in [0.4, 0.5) is 0 Å². The number of phosphoric ester groups is 1. The maximum absolute atomic E-state index is 13.0. The van der Waals surface area contributed by atoms with Gasteiger partial charge in [-0.25, -0.2) is 4.57 Å². The molecule has 1 aromatic carbocycles. The molecule has 0 aromatic heterocycles. The number of likely N-dealkylation sites (N-methyl/N-ethyl adjacent to an activating group) is 1. The number of phosphoric acid groups is 1. The molecule has 2 heterocycles. The predicted molar refractivity (Wildman–Crippen MR) is 114 cm³/mol. The first-order valence-electron chi connectivity index (χ1n) is 10.6. The Hall–Kier alpha value is -1.53. The summed E-state index contributed by atoms with van der Waals surface area (Å²) >= 11 is 0. The van der Waals surface area contributed by atoms with Gasteiger partial charge in [-0.1, -0.05) is 6.07 Å². The molecule has 0 radical (unpaired) electrons. The van der Waals surface area contributed by atoms with Crippen molar-refractivity contribution in [1.29, 1.82) is 0 Å². The Kier molecular flexibility index (Phi) is 5.92. The molecule has 0 spiro atoms. The summed E-state index contributed by atoms with van der Waals surface area (Å²) < 4.78 is 41.0. The molecule has 0 N–H and O–H groups in total. The molecule has 2 saturated heterocycles. The van der Waals surface area contributed by atoms with E-state index in [9.17, 15) is 4.57 Å². The Morgan fingerprint density at radius 3 is 2.47 bits per heavy atom. The molecule has 2 aliphatic heterocycles. The van der Waals surface area contributed by atoms with E-state index < -0.39 is 7.82 Å². The van der Waals surface area contributed by atoms with Crippen LogP contribution in [0.15, 0.2) is 30.0 Å². The number of hydrogen-bond donors (Lipinski definition) is 0. The van der Waals surface area contributed by atoms with Gasteiger partial charge < -0.3 is 14.0 Å². The monoisotopic (exact) mass is 437 g/mol. The van der Waals surface area contributed by atoms with Crippen molar-refractivity contribution in [3.63, 3.8) is 0 Å². The second kappa shape index (κ2) is 8.19. The molecule has 4 atom stereocenters. The Morgan fingerprint density at radius 2 is 1.80 bits per heavy atom. The minimum atomic E-state index is -3.59. The van der Waals surface area contributed by atoms with Crippen LogP contribution in [0, 0.1) is 0 Å². The third-order valence-corrected chi connectivity index (χ3v) is 8.28. The first-order chi connectivity index (χ1) is 14.3. The van der Waals surface area contributed by atoms with Crippen LogP contribution >= 0.6 is 7.82 Å². The number of nitrogens with zero attached hydrogens (tertiary/aromatic N) is 1. The van der Waals surface area contributed by atoms with E-state index in [0.717, 1.165) is 30.9 Å². The van der Waals surface area contributed by atoms with Crippen LogP contribution in [-0.2, 0) is 23.6 Å². The van der Waals surface area contributed by atoms with Crippen molar-refractivity contribution in [3.8, 4) is 11.5 Å². The zero-order valence-electron chi connectivity index (χ0n) is 18.4. The summed E-state index contributed by atoms with van der Waals surface area (Å²) in [4.78, 5) is 2.32. The molecule has 0 saturated carbocycles. The zero-order valence-corrected chi connectivity index (χ0v) is 19.3. The van der Waals surface area contributed by atoms with Crippen molar-refractivity contribution < 1.29 is 27.6 Å². The quantitative estimate of drug-likeness (QED) is 0.621. The summed E-state index contributed by atoms with van der Waals surface area (Å²) in [6.07, 6.45) is 5.11. The van der Waals surface area contributed by atoms with Crippen LogP contribution in [0.2, 0.25) is 0 Å². The molecule has 4 rings (SSSR count). The van der Waals surface area contributed by atoms with Gasteiger partial charge in [-0.2, -0.15) is 0 Å². The molecule has 8 heteroatoms. The van der Waals surface area contributed by atoms with Gasteiger partial charge in [0.15, 0.2) is 11.5 Å². The van der Waals surface area contributed by atoms with E-state index >= 15 is 0 Å². The van der Waals surface area contributed by atoms with Crippen molar-refractivity contribution in [1.82, 2.24) is 4.90 Å². The maximum Gasteiger partial charge on any atom is 0.530 e. The number of rotatable bonds is 5. The fourth-order valence-corrected chi connectivity index (χ4v) is 6.77. The van der Waals surface area contributed by atoms with Crippen LogP contribution < -0.4 is 9.47 Å².